The van der Waals surface area contributed by atoms with Crippen molar-refractivity contribution in [2.45, 2.75) is 25.2 Å². The number of nitrogens with zero attached hydrogens (tertiary/aromatic N) is 4. The maximum Gasteiger partial charge on any atom is 0.130 e. The van der Waals surface area contributed by atoms with Crippen LogP contribution < -0.4 is 10.6 Å². The van der Waals surface area contributed by atoms with Gasteiger partial charge in [-0.1, -0.05) is 11.2 Å². The van der Waals surface area contributed by atoms with E-state index in [0.29, 0.717) is 37.4 Å². The molecule has 8 heteroatoms. The first-order valence-corrected chi connectivity index (χ1v) is 8.33. The largest absolute Gasteiger partial charge is 0.383 e. The van der Waals surface area contributed by atoms with E-state index in [1.165, 1.54) is 6.07 Å². The lowest BCUT2D eigenvalue weighted by atomic mass is 10.0. The molecule has 0 spiro atoms. The predicted molar refractivity (Wildman–Crippen MR) is 94.8 cm³/mol. The molecule has 0 radical (unpaired) electrons. The standard InChI is InChI=1S/C17H23FN6O/c1-19-8-13(22-25)9-21-12-3-4-14(15(18)7-12)16-10-24-6-5-20-17(24)11-23(16)2/h3-7,13,16,19,21H,8-11H2,1-2H3. The Labute approximate surface area is 146 Å². The number of anilines is 1. The number of nitroso groups, excluding NO2 is 1. The predicted octanol–water partition coefficient (Wildman–Crippen LogP) is 1.98. The Morgan fingerprint density at radius 1 is 1.44 bits per heavy atom. The number of benzene rings is 1. The molecule has 0 aliphatic carbocycles. The minimum absolute atomic E-state index is 0.0376. The highest BCUT2D eigenvalue weighted by Crippen LogP contribution is 2.30. The number of aromatic nitrogens is 2. The Morgan fingerprint density at radius 2 is 2.28 bits per heavy atom. The molecule has 1 aromatic heterocycles. The van der Waals surface area contributed by atoms with E-state index in [0.717, 1.165) is 5.82 Å². The second-order valence-electron chi connectivity index (χ2n) is 6.36. The molecule has 0 saturated heterocycles. The van der Waals surface area contributed by atoms with Crippen molar-refractivity contribution in [3.63, 3.8) is 0 Å². The van der Waals surface area contributed by atoms with Crippen molar-refractivity contribution in [2.24, 2.45) is 5.18 Å². The number of halogens is 1. The minimum Gasteiger partial charge on any atom is -0.383 e. The maximum absolute atomic E-state index is 14.7. The Kier molecular flexibility index (Phi) is 5.40. The molecule has 134 valence electrons. The van der Waals surface area contributed by atoms with Crippen LogP contribution in [0.15, 0.2) is 35.8 Å². The topological polar surface area (TPSA) is 74.5 Å². The molecule has 0 saturated carbocycles. The molecule has 1 aromatic carbocycles. The Hall–Kier alpha value is -2.32. The number of rotatable bonds is 7. The van der Waals surface area contributed by atoms with Gasteiger partial charge >= 0.3 is 0 Å². The summed E-state index contributed by atoms with van der Waals surface area (Å²) in [5, 5.41) is 9.03. The molecular formula is C17H23FN6O. The van der Waals surface area contributed by atoms with Crippen LogP contribution in [0.25, 0.3) is 0 Å². The van der Waals surface area contributed by atoms with Crippen LogP contribution in [0.3, 0.4) is 0 Å². The molecule has 1 aliphatic rings. The third-order valence-electron chi connectivity index (χ3n) is 4.58. The van der Waals surface area contributed by atoms with E-state index in [4.69, 9.17) is 0 Å². The summed E-state index contributed by atoms with van der Waals surface area (Å²) in [6.07, 6.45) is 3.70. The van der Waals surface area contributed by atoms with Crippen LogP contribution in [0.1, 0.15) is 17.4 Å². The molecule has 3 rings (SSSR count). The lowest BCUT2D eigenvalue weighted by Gasteiger charge is -2.33. The molecule has 1 aliphatic heterocycles. The van der Waals surface area contributed by atoms with Crippen molar-refractivity contribution in [3.05, 3.63) is 52.7 Å². The van der Waals surface area contributed by atoms with Crippen molar-refractivity contribution in [1.82, 2.24) is 19.8 Å². The Morgan fingerprint density at radius 3 is 3.00 bits per heavy atom. The van der Waals surface area contributed by atoms with Gasteiger partial charge in [-0.3, -0.25) is 4.90 Å². The zero-order valence-electron chi connectivity index (χ0n) is 14.4. The van der Waals surface area contributed by atoms with Crippen LogP contribution in [0.2, 0.25) is 0 Å². The third kappa shape index (κ3) is 3.85. The minimum atomic E-state index is -0.392. The summed E-state index contributed by atoms with van der Waals surface area (Å²) in [7, 11) is 3.74. The normalized spacial score (nSPS) is 18.6. The van der Waals surface area contributed by atoms with E-state index in [-0.39, 0.29) is 11.9 Å². The summed E-state index contributed by atoms with van der Waals surface area (Å²) in [5.74, 6) is 0.740. The zero-order chi connectivity index (χ0) is 17.8. The van der Waals surface area contributed by atoms with E-state index in [9.17, 15) is 9.30 Å². The van der Waals surface area contributed by atoms with Crippen molar-refractivity contribution >= 4 is 5.69 Å². The molecule has 2 aromatic rings. The van der Waals surface area contributed by atoms with Gasteiger partial charge in [-0.15, -0.1) is 0 Å². The first kappa shape index (κ1) is 17.5. The molecule has 7 nitrogen and oxygen atoms in total. The van der Waals surface area contributed by atoms with Crippen LogP contribution in [0.5, 0.6) is 0 Å². The van der Waals surface area contributed by atoms with Crippen LogP contribution in [-0.4, -0.2) is 47.7 Å². The van der Waals surface area contributed by atoms with Gasteiger partial charge in [0.05, 0.1) is 12.6 Å². The molecular weight excluding hydrogens is 323 g/mol. The Balaban J connectivity index is 1.71. The Bertz CT molecular complexity index is 734. The summed E-state index contributed by atoms with van der Waals surface area (Å²) < 4.78 is 16.7. The quantitative estimate of drug-likeness (QED) is 0.750. The van der Waals surface area contributed by atoms with Gasteiger partial charge in [0.25, 0.3) is 0 Å². The highest BCUT2D eigenvalue weighted by atomic mass is 19.1. The fraction of sp³-hybridized carbons (Fsp3) is 0.471. The third-order valence-corrected chi connectivity index (χ3v) is 4.58. The average molecular weight is 346 g/mol. The average Bonchev–Trinajstić information content (AvgIpc) is 3.05. The fourth-order valence-electron chi connectivity index (χ4n) is 3.18. The lowest BCUT2D eigenvalue weighted by Crippen LogP contribution is -2.34. The first-order valence-electron chi connectivity index (χ1n) is 8.33. The van der Waals surface area contributed by atoms with Gasteiger partial charge in [-0.2, -0.15) is 4.91 Å². The number of likely N-dealkylation sites (N-methyl/N-ethyl adjacent to an activating group) is 2. The van der Waals surface area contributed by atoms with Gasteiger partial charge in [0.1, 0.15) is 17.7 Å². The van der Waals surface area contributed by atoms with E-state index in [1.807, 2.05) is 25.4 Å². The summed E-state index contributed by atoms with van der Waals surface area (Å²) in [6, 6.07) is 4.70. The first-order chi connectivity index (χ1) is 12.1. The van der Waals surface area contributed by atoms with Gasteiger partial charge in [0.15, 0.2) is 0 Å². The fourth-order valence-corrected chi connectivity index (χ4v) is 3.18. The van der Waals surface area contributed by atoms with Crippen LogP contribution in [-0.2, 0) is 13.1 Å². The number of hydrogen-bond donors (Lipinski definition) is 2. The van der Waals surface area contributed by atoms with Crippen molar-refractivity contribution in [1.29, 1.82) is 0 Å². The van der Waals surface area contributed by atoms with E-state index < -0.39 is 6.04 Å². The van der Waals surface area contributed by atoms with Crippen molar-refractivity contribution in [3.8, 4) is 0 Å². The summed E-state index contributed by atoms with van der Waals surface area (Å²) in [4.78, 5) is 17.2. The van der Waals surface area contributed by atoms with Crippen LogP contribution in [0.4, 0.5) is 10.1 Å². The molecule has 25 heavy (non-hydrogen) atoms. The lowest BCUT2D eigenvalue weighted by molar-refractivity contribution is 0.171. The smallest absolute Gasteiger partial charge is 0.130 e. The van der Waals surface area contributed by atoms with Gasteiger partial charge < -0.3 is 15.2 Å². The number of fused-ring (bicyclic) bond motifs is 1. The van der Waals surface area contributed by atoms with E-state index in [2.05, 4.69) is 30.3 Å². The molecule has 0 bridgehead atoms. The SMILES string of the molecule is CNCC(CNc1ccc(C2Cn3ccnc3CN2C)c(F)c1)N=O. The van der Waals surface area contributed by atoms with E-state index >= 15 is 0 Å². The van der Waals surface area contributed by atoms with E-state index in [1.54, 1.807) is 13.2 Å². The molecule has 2 N–H and O–H groups in total. The molecule has 2 atom stereocenters. The summed E-state index contributed by atoms with van der Waals surface area (Å²) >= 11 is 0. The number of hydrogen-bond acceptors (Lipinski definition) is 6. The maximum atomic E-state index is 14.7. The van der Waals surface area contributed by atoms with Gasteiger partial charge in [-0.05, 0) is 26.2 Å². The van der Waals surface area contributed by atoms with Gasteiger partial charge in [0.2, 0.25) is 0 Å². The monoisotopic (exact) mass is 346 g/mol. The van der Waals surface area contributed by atoms with Crippen molar-refractivity contribution in [2.75, 3.05) is 32.5 Å². The second-order valence-corrected chi connectivity index (χ2v) is 6.36. The summed E-state index contributed by atoms with van der Waals surface area (Å²) in [5.41, 5.74) is 1.31. The van der Waals surface area contributed by atoms with Crippen molar-refractivity contribution < 1.29 is 4.39 Å². The number of imidazole rings is 1. The highest BCUT2D eigenvalue weighted by Gasteiger charge is 2.27. The van der Waals surface area contributed by atoms with Crippen LogP contribution >= 0.6 is 0 Å². The molecule has 0 amide bonds. The second kappa shape index (κ2) is 7.71. The van der Waals surface area contributed by atoms with Gasteiger partial charge in [-0.25, -0.2) is 9.37 Å². The molecule has 2 unspecified atom stereocenters. The highest BCUT2D eigenvalue weighted by molar-refractivity contribution is 5.46. The zero-order valence-corrected chi connectivity index (χ0v) is 14.4. The molecule has 0 fully saturated rings. The molecule has 2 heterocycles. The number of nitrogens with one attached hydrogen (secondary N) is 2. The van der Waals surface area contributed by atoms with Gasteiger partial charge in [0, 0.05) is 43.3 Å². The summed E-state index contributed by atoms with van der Waals surface area (Å²) in [6.45, 7) is 2.21. The van der Waals surface area contributed by atoms with Crippen LogP contribution in [0, 0.1) is 10.7 Å².